The first-order valence-electron chi connectivity index (χ1n) is 9.47. The number of nitrogens with two attached hydrogens (primary N) is 2. The maximum Gasteiger partial charge on any atom is 0.341 e. The average Bonchev–Trinajstić information content (AvgIpc) is 3.39. The lowest BCUT2D eigenvalue weighted by atomic mass is 10.1. The maximum atomic E-state index is 12.3. The summed E-state index contributed by atoms with van der Waals surface area (Å²) >= 11 is 1.31. The van der Waals surface area contributed by atoms with Crippen LogP contribution in [0.1, 0.15) is 27.4 Å². The number of nitrogens with zero attached hydrogens (tertiary/aromatic N) is 3. The van der Waals surface area contributed by atoms with Crippen LogP contribution in [0, 0.1) is 13.8 Å². The summed E-state index contributed by atoms with van der Waals surface area (Å²) in [5.74, 6) is 0.335. The molecule has 0 aliphatic heterocycles. The molecule has 10 nitrogen and oxygen atoms in total. The van der Waals surface area contributed by atoms with Crippen LogP contribution >= 0.6 is 11.3 Å². The Hall–Kier alpha value is -3.99. The number of carbonyl (C=O) groups is 2. The first-order valence-corrected chi connectivity index (χ1v) is 10.4. The van der Waals surface area contributed by atoms with Gasteiger partial charge in [-0.05, 0) is 30.0 Å². The molecule has 0 aliphatic rings. The molecule has 1 aromatic carbocycles. The number of benzene rings is 1. The third-order valence-corrected chi connectivity index (χ3v) is 5.67. The molecule has 0 spiro atoms. The summed E-state index contributed by atoms with van der Waals surface area (Å²) in [6.45, 7) is 3.33. The van der Waals surface area contributed by atoms with E-state index in [1.54, 1.807) is 6.92 Å². The van der Waals surface area contributed by atoms with E-state index in [1.165, 1.54) is 17.5 Å². The molecule has 0 saturated carbocycles. The zero-order valence-corrected chi connectivity index (χ0v) is 18.1. The van der Waals surface area contributed by atoms with Crippen LogP contribution in [-0.4, -0.2) is 33.7 Å². The third kappa shape index (κ3) is 4.23. The Morgan fingerprint density at radius 3 is 2.75 bits per heavy atom. The quantitative estimate of drug-likeness (QED) is 0.401. The van der Waals surface area contributed by atoms with Gasteiger partial charge in [-0.25, -0.2) is 9.78 Å². The predicted octanol–water partition coefficient (Wildman–Crippen LogP) is 2.77. The Bertz CT molecular complexity index is 1330. The molecule has 4 aromatic rings. The maximum absolute atomic E-state index is 12.3. The standard InChI is InChI=1S/C21H19N5O5S/c1-10-3-4-12(20-26-25-11(2)31-20)5-15(10)29-7-13-9-32-18-14(6-24-19(23)17(13)18)21(28)30-8-16(22)27/h3-6,9H,7-8H2,1-2H3,(H2,22,27)(H2,23,24). The van der Waals surface area contributed by atoms with Crippen molar-refractivity contribution in [3.8, 4) is 17.2 Å². The van der Waals surface area contributed by atoms with Crippen molar-refractivity contribution < 1.29 is 23.5 Å². The van der Waals surface area contributed by atoms with Crippen LogP contribution in [0.2, 0.25) is 0 Å². The number of ether oxygens (including phenoxy) is 2. The van der Waals surface area contributed by atoms with Crippen LogP contribution in [0.5, 0.6) is 5.75 Å². The monoisotopic (exact) mass is 453 g/mol. The number of aromatic nitrogens is 3. The Labute approximate surface area is 186 Å². The van der Waals surface area contributed by atoms with Crippen molar-refractivity contribution in [2.24, 2.45) is 5.73 Å². The molecule has 0 fully saturated rings. The molecule has 0 aliphatic carbocycles. The number of rotatable bonds is 7. The van der Waals surface area contributed by atoms with Crippen molar-refractivity contribution in [3.05, 3.63) is 52.4 Å². The minimum atomic E-state index is -0.744. The zero-order valence-electron chi connectivity index (χ0n) is 17.2. The predicted molar refractivity (Wildman–Crippen MR) is 117 cm³/mol. The fourth-order valence-corrected chi connectivity index (χ4v) is 4.12. The lowest BCUT2D eigenvalue weighted by Crippen LogP contribution is -2.21. The second-order valence-electron chi connectivity index (χ2n) is 6.96. The van der Waals surface area contributed by atoms with Crippen LogP contribution in [0.3, 0.4) is 0 Å². The minimum absolute atomic E-state index is 0.193. The van der Waals surface area contributed by atoms with Crippen LogP contribution in [0.4, 0.5) is 5.82 Å². The van der Waals surface area contributed by atoms with E-state index in [4.69, 9.17) is 25.4 Å². The topological polar surface area (TPSA) is 156 Å². The van der Waals surface area contributed by atoms with Crippen molar-refractivity contribution in [2.45, 2.75) is 20.5 Å². The van der Waals surface area contributed by atoms with E-state index in [0.29, 0.717) is 27.6 Å². The van der Waals surface area contributed by atoms with Crippen LogP contribution < -0.4 is 16.2 Å². The molecule has 0 unspecified atom stereocenters. The van der Waals surface area contributed by atoms with Gasteiger partial charge in [-0.3, -0.25) is 4.79 Å². The number of primary amides is 1. The molecule has 4 rings (SSSR count). The first-order chi connectivity index (χ1) is 15.3. The van der Waals surface area contributed by atoms with Gasteiger partial charge in [0.25, 0.3) is 5.91 Å². The number of carbonyl (C=O) groups excluding carboxylic acids is 2. The summed E-state index contributed by atoms with van der Waals surface area (Å²) in [4.78, 5) is 27.3. The number of amides is 1. The van der Waals surface area contributed by atoms with Gasteiger partial charge in [0.2, 0.25) is 11.8 Å². The summed E-state index contributed by atoms with van der Waals surface area (Å²) in [6.07, 6.45) is 1.32. The van der Waals surface area contributed by atoms with E-state index in [0.717, 1.165) is 16.7 Å². The number of anilines is 1. The molecule has 3 heterocycles. The summed E-state index contributed by atoms with van der Waals surface area (Å²) in [7, 11) is 0. The Morgan fingerprint density at radius 1 is 1.22 bits per heavy atom. The van der Waals surface area contributed by atoms with Crippen molar-refractivity contribution in [2.75, 3.05) is 12.3 Å². The third-order valence-electron chi connectivity index (χ3n) is 4.61. The van der Waals surface area contributed by atoms with Gasteiger partial charge in [-0.1, -0.05) is 6.07 Å². The van der Waals surface area contributed by atoms with E-state index in [2.05, 4.69) is 15.2 Å². The number of aryl methyl sites for hydroxylation is 2. The van der Waals surface area contributed by atoms with Crippen molar-refractivity contribution in [3.63, 3.8) is 0 Å². The molecule has 0 atom stereocenters. The van der Waals surface area contributed by atoms with Crippen molar-refractivity contribution in [1.82, 2.24) is 15.2 Å². The molecular formula is C21H19N5O5S. The SMILES string of the molecule is Cc1nnc(-c2ccc(C)c(OCc3csc4c(C(=O)OCC(N)=O)cnc(N)c34)c2)o1. The Kier molecular flexibility index (Phi) is 5.73. The van der Waals surface area contributed by atoms with Crippen molar-refractivity contribution in [1.29, 1.82) is 0 Å². The number of thiophene rings is 1. The van der Waals surface area contributed by atoms with Gasteiger partial charge in [-0.2, -0.15) is 0 Å². The van der Waals surface area contributed by atoms with E-state index >= 15 is 0 Å². The van der Waals surface area contributed by atoms with Gasteiger partial charge >= 0.3 is 5.97 Å². The van der Waals surface area contributed by atoms with Gasteiger partial charge in [-0.15, -0.1) is 21.5 Å². The molecule has 164 valence electrons. The largest absolute Gasteiger partial charge is 0.489 e. The molecule has 32 heavy (non-hydrogen) atoms. The van der Waals surface area contributed by atoms with Crippen molar-refractivity contribution >= 4 is 39.1 Å². The van der Waals surface area contributed by atoms with Gasteiger partial charge in [0, 0.05) is 29.6 Å². The number of hydrogen-bond donors (Lipinski definition) is 2. The molecule has 0 saturated heterocycles. The molecule has 0 bridgehead atoms. The fraction of sp³-hybridized carbons (Fsp3) is 0.190. The van der Waals surface area contributed by atoms with Gasteiger partial charge in [0.15, 0.2) is 6.61 Å². The van der Waals surface area contributed by atoms with Gasteiger partial charge < -0.3 is 25.4 Å². The van der Waals surface area contributed by atoms with E-state index in [9.17, 15) is 9.59 Å². The molecule has 4 N–H and O–H groups in total. The molecule has 11 heteroatoms. The van der Waals surface area contributed by atoms with Crippen LogP contribution in [0.25, 0.3) is 21.5 Å². The van der Waals surface area contributed by atoms with Crippen LogP contribution in [0.15, 0.2) is 34.2 Å². The highest BCUT2D eigenvalue weighted by atomic mass is 32.1. The summed E-state index contributed by atoms with van der Waals surface area (Å²) < 4.78 is 17.0. The number of pyridine rings is 1. The first kappa shape index (κ1) is 21.2. The van der Waals surface area contributed by atoms with E-state index in [-0.39, 0.29) is 18.0 Å². The van der Waals surface area contributed by atoms with Gasteiger partial charge in [0.1, 0.15) is 18.2 Å². The fourth-order valence-electron chi connectivity index (χ4n) is 3.05. The number of nitrogen functional groups attached to an aromatic ring is 1. The average molecular weight is 453 g/mol. The highest BCUT2D eigenvalue weighted by Crippen LogP contribution is 2.34. The molecule has 1 amide bonds. The van der Waals surface area contributed by atoms with E-state index < -0.39 is 18.5 Å². The Balaban J connectivity index is 1.60. The summed E-state index contributed by atoms with van der Waals surface area (Å²) in [5, 5.41) is 10.3. The van der Waals surface area contributed by atoms with E-state index in [1.807, 2.05) is 30.5 Å². The number of hydrogen-bond acceptors (Lipinski definition) is 10. The number of fused-ring (bicyclic) bond motifs is 1. The zero-order chi connectivity index (χ0) is 22.8. The minimum Gasteiger partial charge on any atom is -0.489 e. The normalized spacial score (nSPS) is 10.9. The lowest BCUT2D eigenvalue weighted by molar-refractivity contribution is -0.121. The summed E-state index contributed by atoms with van der Waals surface area (Å²) in [6, 6.07) is 5.60. The van der Waals surface area contributed by atoms with Crippen LogP contribution in [-0.2, 0) is 16.1 Å². The smallest absolute Gasteiger partial charge is 0.341 e. The second-order valence-corrected chi connectivity index (χ2v) is 7.84. The summed E-state index contributed by atoms with van der Waals surface area (Å²) in [5.41, 5.74) is 13.7. The highest BCUT2D eigenvalue weighted by molar-refractivity contribution is 7.17. The van der Waals surface area contributed by atoms with Gasteiger partial charge in [0.05, 0.1) is 10.3 Å². The molecule has 3 aromatic heterocycles. The second kappa shape index (κ2) is 8.63. The number of esters is 1. The highest BCUT2D eigenvalue weighted by Gasteiger charge is 2.19. The lowest BCUT2D eigenvalue weighted by Gasteiger charge is -2.10. The molecule has 0 radical (unpaired) electrons. The Morgan fingerprint density at radius 2 is 2.03 bits per heavy atom. The molecular weight excluding hydrogens is 434 g/mol.